The van der Waals surface area contributed by atoms with E-state index in [0.29, 0.717) is 17.1 Å². The maximum Gasteiger partial charge on any atom is 0.273 e. The number of carbonyl (C=O) groups is 1. The second-order valence-electron chi connectivity index (χ2n) is 6.23. The third-order valence-corrected chi connectivity index (χ3v) is 6.48. The normalized spacial score (nSPS) is 11.6. The first-order chi connectivity index (χ1) is 12.7. The molecule has 0 saturated heterocycles. The van der Waals surface area contributed by atoms with Gasteiger partial charge in [0.15, 0.2) is 0 Å². The van der Waals surface area contributed by atoms with Gasteiger partial charge in [-0.2, -0.15) is 0 Å². The lowest BCUT2D eigenvalue weighted by Crippen LogP contribution is -2.17. The van der Waals surface area contributed by atoms with Crippen LogP contribution in [0.5, 0.6) is 0 Å². The summed E-state index contributed by atoms with van der Waals surface area (Å²) >= 11 is 3.53. The number of benzene rings is 2. The van der Waals surface area contributed by atoms with Crippen LogP contribution < -0.4 is 10.0 Å². The lowest BCUT2D eigenvalue weighted by atomic mass is 10.2. The molecule has 1 heterocycles. The van der Waals surface area contributed by atoms with Crippen LogP contribution >= 0.6 is 15.9 Å². The maximum absolute atomic E-state index is 12.8. The van der Waals surface area contributed by atoms with Gasteiger partial charge in [0.1, 0.15) is 5.69 Å². The number of nitrogens with one attached hydrogen (secondary N) is 2. The van der Waals surface area contributed by atoms with Crippen molar-refractivity contribution >= 4 is 54.1 Å². The van der Waals surface area contributed by atoms with E-state index in [1.165, 1.54) is 0 Å². The van der Waals surface area contributed by atoms with Crippen molar-refractivity contribution in [2.45, 2.75) is 13.8 Å². The zero-order valence-electron chi connectivity index (χ0n) is 15.2. The van der Waals surface area contributed by atoms with Crippen LogP contribution in [0.15, 0.2) is 46.9 Å². The minimum absolute atomic E-state index is 0.00000292. The number of aryl methyl sites for hydroxylation is 2. The molecule has 3 rings (SSSR count). The Hall–Kier alpha value is -2.32. The van der Waals surface area contributed by atoms with Gasteiger partial charge in [-0.1, -0.05) is 18.2 Å². The standard InChI is InChI=1S/C19H20BrN3O3S/c1-4-27(25,26)22-15-10-9-13(11-12(15)2)21-19(24)18-17(20)14-7-5-6-8-16(14)23(18)3/h5-11,22H,4H2,1-3H3,(H,21,24). The summed E-state index contributed by atoms with van der Waals surface area (Å²) in [6.07, 6.45) is 0. The van der Waals surface area contributed by atoms with Crippen LogP contribution in [0.25, 0.3) is 10.9 Å². The lowest BCUT2D eigenvalue weighted by Gasteiger charge is -2.12. The van der Waals surface area contributed by atoms with E-state index < -0.39 is 10.0 Å². The monoisotopic (exact) mass is 449 g/mol. The maximum atomic E-state index is 12.8. The van der Waals surface area contributed by atoms with Gasteiger partial charge in [0.2, 0.25) is 10.0 Å². The van der Waals surface area contributed by atoms with Gasteiger partial charge in [-0.25, -0.2) is 8.42 Å². The number of nitrogens with zero attached hydrogens (tertiary/aromatic N) is 1. The van der Waals surface area contributed by atoms with Crippen molar-refractivity contribution in [1.29, 1.82) is 0 Å². The average molecular weight is 450 g/mol. The molecule has 0 fully saturated rings. The molecule has 142 valence electrons. The number of amides is 1. The first-order valence-electron chi connectivity index (χ1n) is 8.39. The summed E-state index contributed by atoms with van der Waals surface area (Å²) in [7, 11) is -1.50. The number of hydrogen-bond acceptors (Lipinski definition) is 3. The second-order valence-corrected chi connectivity index (χ2v) is 9.03. The van der Waals surface area contributed by atoms with Gasteiger partial charge < -0.3 is 9.88 Å². The number of anilines is 2. The van der Waals surface area contributed by atoms with Gasteiger partial charge in [0.05, 0.1) is 15.9 Å². The summed E-state index contributed by atoms with van der Waals surface area (Å²) in [5.41, 5.74) is 3.29. The highest BCUT2D eigenvalue weighted by atomic mass is 79.9. The molecule has 8 heteroatoms. The highest BCUT2D eigenvalue weighted by Gasteiger charge is 2.19. The Kier molecular flexibility index (Phi) is 5.30. The summed E-state index contributed by atoms with van der Waals surface area (Å²) in [4.78, 5) is 12.8. The number of carbonyl (C=O) groups excluding carboxylic acids is 1. The smallest absolute Gasteiger partial charge is 0.273 e. The van der Waals surface area contributed by atoms with Crippen LogP contribution in [-0.4, -0.2) is 24.6 Å². The molecule has 0 radical (unpaired) electrons. The fourth-order valence-corrected chi connectivity index (χ4v) is 4.37. The van der Waals surface area contributed by atoms with E-state index in [9.17, 15) is 13.2 Å². The van der Waals surface area contributed by atoms with Crippen molar-refractivity contribution in [1.82, 2.24) is 4.57 Å². The fourth-order valence-electron chi connectivity index (χ4n) is 2.88. The molecule has 27 heavy (non-hydrogen) atoms. The average Bonchev–Trinajstić information content (AvgIpc) is 2.88. The van der Waals surface area contributed by atoms with E-state index in [1.54, 1.807) is 32.0 Å². The molecule has 3 aromatic rings. The molecular formula is C19H20BrN3O3S. The summed E-state index contributed by atoms with van der Waals surface area (Å²) < 4.78 is 28.6. The molecule has 1 aromatic heterocycles. The van der Waals surface area contributed by atoms with E-state index in [2.05, 4.69) is 26.0 Å². The number of sulfonamides is 1. The number of hydrogen-bond donors (Lipinski definition) is 2. The van der Waals surface area contributed by atoms with E-state index in [1.807, 2.05) is 35.9 Å². The molecule has 0 aliphatic heterocycles. The van der Waals surface area contributed by atoms with Crippen LogP contribution in [0.4, 0.5) is 11.4 Å². The predicted octanol–water partition coefficient (Wildman–Crippen LogP) is 4.26. The molecule has 0 spiro atoms. The van der Waals surface area contributed by atoms with Crippen molar-refractivity contribution in [3.05, 3.63) is 58.2 Å². The second kappa shape index (κ2) is 7.36. The third kappa shape index (κ3) is 3.86. The Balaban J connectivity index is 1.88. The number of para-hydroxylation sites is 1. The van der Waals surface area contributed by atoms with E-state index in [0.717, 1.165) is 20.9 Å². The minimum atomic E-state index is -3.35. The summed E-state index contributed by atoms with van der Waals surface area (Å²) in [6.45, 7) is 3.36. The van der Waals surface area contributed by atoms with Crippen LogP contribution in [0.2, 0.25) is 0 Å². The SMILES string of the molecule is CCS(=O)(=O)Nc1ccc(NC(=O)c2c(Br)c3ccccc3n2C)cc1C. The molecule has 0 unspecified atom stereocenters. The molecule has 0 aliphatic carbocycles. The van der Waals surface area contributed by atoms with E-state index >= 15 is 0 Å². The summed E-state index contributed by atoms with van der Waals surface area (Å²) in [6, 6.07) is 12.8. The van der Waals surface area contributed by atoms with Crippen molar-refractivity contribution in [3.63, 3.8) is 0 Å². The van der Waals surface area contributed by atoms with Crippen molar-refractivity contribution < 1.29 is 13.2 Å². The molecule has 0 atom stereocenters. The molecule has 1 amide bonds. The van der Waals surface area contributed by atoms with Crippen molar-refractivity contribution in [2.24, 2.45) is 7.05 Å². The Morgan fingerprint density at radius 1 is 1.19 bits per heavy atom. The first-order valence-corrected chi connectivity index (χ1v) is 10.8. The van der Waals surface area contributed by atoms with Crippen LogP contribution in [0.3, 0.4) is 0 Å². The Morgan fingerprint density at radius 3 is 2.52 bits per heavy atom. The highest BCUT2D eigenvalue weighted by molar-refractivity contribution is 9.10. The molecule has 2 N–H and O–H groups in total. The predicted molar refractivity (Wildman–Crippen MR) is 113 cm³/mol. The van der Waals surface area contributed by atoms with Gasteiger partial charge in [0.25, 0.3) is 5.91 Å². The number of rotatable bonds is 5. The number of fused-ring (bicyclic) bond motifs is 1. The molecule has 0 bridgehead atoms. The Bertz CT molecular complexity index is 1100. The Morgan fingerprint density at radius 2 is 1.89 bits per heavy atom. The van der Waals surface area contributed by atoms with E-state index in [4.69, 9.17) is 0 Å². The van der Waals surface area contributed by atoms with Crippen molar-refractivity contribution in [2.75, 3.05) is 15.8 Å². The Labute approximate surface area is 166 Å². The van der Waals surface area contributed by atoms with Gasteiger partial charge >= 0.3 is 0 Å². The third-order valence-electron chi connectivity index (χ3n) is 4.39. The van der Waals surface area contributed by atoms with Crippen molar-refractivity contribution in [3.8, 4) is 0 Å². The van der Waals surface area contributed by atoms with Crippen LogP contribution in [-0.2, 0) is 17.1 Å². The summed E-state index contributed by atoms with van der Waals surface area (Å²) in [5, 5.41) is 3.84. The van der Waals surface area contributed by atoms with Crippen LogP contribution in [0.1, 0.15) is 23.0 Å². The highest BCUT2D eigenvalue weighted by Crippen LogP contribution is 2.31. The zero-order valence-corrected chi connectivity index (χ0v) is 17.6. The van der Waals surface area contributed by atoms with Crippen LogP contribution in [0, 0.1) is 6.92 Å². The van der Waals surface area contributed by atoms with Gasteiger partial charge in [0, 0.05) is 23.6 Å². The molecule has 6 nitrogen and oxygen atoms in total. The van der Waals surface area contributed by atoms with E-state index in [-0.39, 0.29) is 11.7 Å². The number of halogens is 1. The molecule has 0 aliphatic rings. The molecule has 0 saturated carbocycles. The topological polar surface area (TPSA) is 80.2 Å². The van der Waals surface area contributed by atoms with Gasteiger partial charge in [-0.3, -0.25) is 9.52 Å². The molecule has 2 aromatic carbocycles. The minimum Gasteiger partial charge on any atom is -0.339 e. The zero-order chi connectivity index (χ0) is 19.8. The fraction of sp³-hybridized carbons (Fsp3) is 0.211. The largest absolute Gasteiger partial charge is 0.339 e. The molecular weight excluding hydrogens is 430 g/mol. The first kappa shape index (κ1) is 19.4. The summed E-state index contributed by atoms with van der Waals surface area (Å²) in [5.74, 6) is -0.248. The quantitative estimate of drug-likeness (QED) is 0.610. The van der Waals surface area contributed by atoms with Gasteiger partial charge in [-0.05, 0) is 59.6 Å². The number of aromatic nitrogens is 1. The van der Waals surface area contributed by atoms with Gasteiger partial charge in [-0.15, -0.1) is 0 Å². The lowest BCUT2D eigenvalue weighted by molar-refractivity contribution is 0.101.